The minimum absolute atomic E-state index is 0.140. The molecule has 0 saturated heterocycles. The van der Waals surface area contributed by atoms with Crippen LogP contribution in [-0.2, 0) is 9.53 Å². The molecule has 0 aliphatic heterocycles. The number of rotatable bonds is 6. The molecule has 1 fully saturated rings. The second-order valence-corrected chi connectivity index (χ2v) is 6.58. The third kappa shape index (κ3) is 7.66. The van der Waals surface area contributed by atoms with E-state index in [1.165, 1.54) is 0 Å². The largest absolute Gasteiger partial charge is 0.411 e. The maximum absolute atomic E-state index is 11.8. The molecule has 0 unspecified atom stereocenters. The summed E-state index contributed by atoms with van der Waals surface area (Å²) < 4.78 is 39.8. The predicted octanol–water partition coefficient (Wildman–Crippen LogP) is 2.40. The molecule has 0 heterocycles. The van der Waals surface area contributed by atoms with Gasteiger partial charge < -0.3 is 15.2 Å². The van der Waals surface area contributed by atoms with Crippen LogP contribution in [0, 0.1) is 5.41 Å². The van der Waals surface area contributed by atoms with Crippen molar-refractivity contribution in [3.63, 3.8) is 0 Å². The predicted molar refractivity (Wildman–Crippen MR) is 71.7 cm³/mol. The number of hydrogen-bond acceptors (Lipinski definition) is 3. The van der Waals surface area contributed by atoms with Gasteiger partial charge in [-0.3, -0.25) is 4.79 Å². The van der Waals surface area contributed by atoms with E-state index < -0.39 is 24.3 Å². The van der Waals surface area contributed by atoms with Gasteiger partial charge in [0.1, 0.15) is 6.61 Å². The fourth-order valence-electron chi connectivity index (χ4n) is 2.27. The Kier molecular flexibility index (Phi) is 6.04. The van der Waals surface area contributed by atoms with E-state index in [2.05, 4.69) is 23.9 Å². The van der Waals surface area contributed by atoms with Gasteiger partial charge in [0, 0.05) is 13.0 Å². The average molecular weight is 311 g/mol. The highest BCUT2D eigenvalue weighted by Crippen LogP contribution is 2.39. The van der Waals surface area contributed by atoms with Crippen molar-refractivity contribution in [2.24, 2.45) is 5.41 Å². The van der Waals surface area contributed by atoms with Crippen molar-refractivity contribution in [2.75, 3.05) is 19.8 Å². The second kappa shape index (κ2) is 6.96. The Balaban J connectivity index is 2.18. The van der Waals surface area contributed by atoms with Gasteiger partial charge in [0.25, 0.3) is 0 Å². The van der Waals surface area contributed by atoms with Gasteiger partial charge in [-0.15, -0.1) is 0 Å². The zero-order valence-electron chi connectivity index (χ0n) is 12.6. The van der Waals surface area contributed by atoms with Crippen LogP contribution in [0.5, 0.6) is 0 Å². The molecule has 0 bridgehead atoms. The number of carbonyl (C=O) groups excluding carboxylic acids is 1. The van der Waals surface area contributed by atoms with E-state index in [-0.39, 0.29) is 25.0 Å². The Morgan fingerprint density at radius 1 is 1.24 bits per heavy atom. The van der Waals surface area contributed by atoms with Gasteiger partial charge in [0.2, 0.25) is 5.91 Å². The summed E-state index contributed by atoms with van der Waals surface area (Å²) in [5, 5.41) is 12.9. The number of carbonyl (C=O) groups is 1. The summed E-state index contributed by atoms with van der Waals surface area (Å²) in [4.78, 5) is 11.5. The molecule has 0 radical (unpaired) electrons. The van der Waals surface area contributed by atoms with Crippen molar-refractivity contribution in [2.45, 2.75) is 57.7 Å². The maximum atomic E-state index is 11.8. The summed E-state index contributed by atoms with van der Waals surface area (Å²) in [6.45, 7) is 2.80. The quantitative estimate of drug-likeness (QED) is 0.741. The first-order valence-electron chi connectivity index (χ1n) is 7.15. The molecular formula is C14H24F3NO3. The molecule has 0 atom stereocenters. The monoisotopic (exact) mass is 311 g/mol. The van der Waals surface area contributed by atoms with E-state index in [0.717, 1.165) is 12.8 Å². The third-order valence-electron chi connectivity index (χ3n) is 3.89. The second-order valence-electron chi connectivity index (χ2n) is 6.58. The number of alkyl halides is 3. The first kappa shape index (κ1) is 18.2. The minimum atomic E-state index is -4.37. The number of ether oxygens (including phenoxy) is 1. The standard InChI is InChI=1S/C14H24F3NO3/c1-12(2)4-6-13(20,7-5-12)9-18-11(19)3-8-21-10-14(15,16)17/h20H,3-10H2,1-2H3,(H,18,19). The fraction of sp³-hybridized carbons (Fsp3) is 0.929. The molecule has 0 aromatic carbocycles. The molecule has 1 saturated carbocycles. The van der Waals surface area contributed by atoms with E-state index in [1.54, 1.807) is 0 Å². The van der Waals surface area contributed by atoms with Crippen molar-refractivity contribution < 1.29 is 27.8 Å². The topological polar surface area (TPSA) is 58.6 Å². The van der Waals surface area contributed by atoms with E-state index in [0.29, 0.717) is 12.8 Å². The molecule has 4 nitrogen and oxygen atoms in total. The number of amides is 1. The molecule has 1 aliphatic rings. The Hall–Kier alpha value is -0.820. The van der Waals surface area contributed by atoms with Gasteiger partial charge in [0.05, 0.1) is 12.2 Å². The lowest BCUT2D eigenvalue weighted by molar-refractivity contribution is -0.174. The molecule has 124 valence electrons. The number of nitrogens with one attached hydrogen (secondary N) is 1. The summed E-state index contributed by atoms with van der Waals surface area (Å²) in [6, 6.07) is 0. The molecule has 0 aromatic heterocycles. The van der Waals surface area contributed by atoms with Crippen LogP contribution in [0.4, 0.5) is 13.2 Å². The Morgan fingerprint density at radius 2 is 1.81 bits per heavy atom. The highest BCUT2D eigenvalue weighted by Gasteiger charge is 2.36. The fourth-order valence-corrected chi connectivity index (χ4v) is 2.27. The smallest absolute Gasteiger partial charge is 0.388 e. The summed E-state index contributed by atoms with van der Waals surface area (Å²) in [5.41, 5.74) is -0.695. The van der Waals surface area contributed by atoms with Crippen LogP contribution < -0.4 is 5.32 Å². The van der Waals surface area contributed by atoms with E-state index in [1.807, 2.05) is 0 Å². The zero-order chi connectivity index (χ0) is 16.1. The number of halogens is 3. The molecule has 1 aliphatic carbocycles. The van der Waals surface area contributed by atoms with Gasteiger partial charge in [-0.2, -0.15) is 13.2 Å². The van der Waals surface area contributed by atoms with Crippen LogP contribution in [0.2, 0.25) is 0 Å². The minimum Gasteiger partial charge on any atom is -0.388 e. The highest BCUT2D eigenvalue weighted by molar-refractivity contribution is 5.76. The van der Waals surface area contributed by atoms with Crippen molar-refractivity contribution >= 4 is 5.91 Å². The van der Waals surface area contributed by atoms with E-state index in [9.17, 15) is 23.1 Å². The normalized spacial score (nSPS) is 21.0. The molecule has 0 aromatic rings. The third-order valence-corrected chi connectivity index (χ3v) is 3.89. The molecule has 1 rings (SSSR count). The van der Waals surface area contributed by atoms with Gasteiger partial charge in [-0.1, -0.05) is 13.8 Å². The van der Waals surface area contributed by atoms with Gasteiger partial charge in [-0.25, -0.2) is 0 Å². The van der Waals surface area contributed by atoms with Crippen molar-refractivity contribution in [3.8, 4) is 0 Å². The lowest BCUT2D eigenvalue weighted by Gasteiger charge is -2.40. The Morgan fingerprint density at radius 3 is 2.33 bits per heavy atom. The molecule has 0 spiro atoms. The summed E-state index contributed by atoms with van der Waals surface area (Å²) in [6.07, 6.45) is -1.52. The number of aliphatic hydroxyl groups is 1. The molecule has 21 heavy (non-hydrogen) atoms. The SMILES string of the molecule is CC1(C)CCC(O)(CNC(=O)CCOCC(F)(F)F)CC1. The van der Waals surface area contributed by atoms with E-state index >= 15 is 0 Å². The summed E-state index contributed by atoms with van der Waals surface area (Å²) in [5.74, 6) is -0.407. The molecular weight excluding hydrogens is 287 g/mol. The average Bonchev–Trinajstić information content (AvgIpc) is 2.36. The van der Waals surface area contributed by atoms with Crippen LogP contribution in [0.15, 0.2) is 0 Å². The van der Waals surface area contributed by atoms with Crippen molar-refractivity contribution in [3.05, 3.63) is 0 Å². The molecule has 1 amide bonds. The molecule has 2 N–H and O–H groups in total. The summed E-state index contributed by atoms with van der Waals surface area (Å²) >= 11 is 0. The lowest BCUT2D eigenvalue weighted by Crippen LogP contribution is -2.46. The van der Waals surface area contributed by atoms with Crippen LogP contribution >= 0.6 is 0 Å². The number of hydrogen-bond donors (Lipinski definition) is 2. The first-order chi connectivity index (χ1) is 9.52. The van der Waals surface area contributed by atoms with Crippen LogP contribution in [0.1, 0.15) is 46.0 Å². The first-order valence-corrected chi connectivity index (χ1v) is 7.15. The van der Waals surface area contributed by atoms with Gasteiger partial charge >= 0.3 is 6.18 Å². The maximum Gasteiger partial charge on any atom is 0.411 e. The Labute approximate surface area is 123 Å². The van der Waals surface area contributed by atoms with Crippen LogP contribution in [-0.4, -0.2) is 42.5 Å². The van der Waals surface area contributed by atoms with E-state index in [4.69, 9.17) is 0 Å². The lowest BCUT2D eigenvalue weighted by atomic mass is 9.71. The van der Waals surface area contributed by atoms with Crippen LogP contribution in [0.3, 0.4) is 0 Å². The van der Waals surface area contributed by atoms with Crippen molar-refractivity contribution in [1.29, 1.82) is 0 Å². The summed E-state index contributed by atoms with van der Waals surface area (Å²) in [7, 11) is 0. The van der Waals surface area contributed by atoms with Gasteiger partial charge in [0.15, 0.2) is 0 Å². The van der Waals surface area contributed by atoms with Crippen LogP contribution in [0.25, 0.3) is 0 Å². The highest BCUT2D eigenvalue weighted by atomic mass is 19.4. The van der Waals surface area contributed by atoms with Crippen molar-refractivity contribution in [1.82, 2.24) is 5.32 Å². The Bertz CT molecular complexity index is 346. The zero-order valence-corrected chi connectivity index (χ0v) is 12.6. The van der Waals surface area contributed by atoms with Gasteiger partial charge in [-0.05, 0) is 31.1 Å². The molecule has 7 heteroatoms.